The molecule has 1 atom stereocenters. The molecule has 0 radical (unpaired) electrons. The van der Waals surface area contributed by atoms with Gasteiger partial charge in [-0.25, -0.2) is 4.98 Å². The van der Waals surface area contributed by atoms with Gasteiger partial charge in [-0.1, -0.05) is 18.2 Å². The molecular weight excluding hydrogens is 310 g/mol. The summed E-state index contributed by atoms with van der Waals surface area (Å²) in [5.74, 6) is 1.24. The van der Waals surface area contributed by atoms with Gasteiger partial charge in [-0.15, -0.1) is 0 Å². The number of benzene rings is 1. The Morgan fingerprint density at radius 2 is 1.84 bits per heavy atom. The van der Waals surface area contributed by atoms with Gasteiger partial charge < -0.3 is 9.80 Å². The Morgan fingerprint density at radius 3 is 2.56 bits per heavy atom. The zero-order valence-corrected chi connectivity index (χ0v) is 14.8. The van der Waals surface area contributed by atoms with Crippen LogP contribution in [0.2, 0.25) is 0 Å². The summed E-state index contributed by atoms with van der Waals surface area (Å²) in [6.07, 6.45) is 6.57. The van der Waals surface area contributed by atoms with E-state index in [-0.39, 0.29) is 11.9 Å². The number of pyridine rings is 1. The summed E-state index contributed by atoms with van der Waals surface area (Å²) < 4.78 is 0. The van der Waals surface area contributed by atoms with Crippen molar-refractivity contribution in [1.29, 1.82) is 0 Å². The highest BCUT2D eigenvalue weighted by Gasteiger charge is 2.31. The quantitative estimate of drug-likeness (QED) is 0.851. The molecule has 0 bridgehead atoms. The summed E-state index contributed by atoms with van der Waals surface area (Å²) in [5.41, 5.74) is 3.16. The van der Waals surface area contributed by atoms with Gasteiger partial charge in [0.1, 0.15) is 5.82 Å². The standard InChI is InChI=1S/C21H25N3O/c1-16-14-18(15-22-20(16)23-11-5-6-12-23)19-10-7-13-24(19)21(25)17-8-3-2-4-9-17/h2-4,8-9,14-15,19H,5-7,10-13H2,1H3/t19-/m1/s1. The van der Waals surface area contributed by atoms with Gasteiger partial charge in [0.25, 0.3) is 5.91 Å². The first-order valence-electron chi connectivity index (χ1n) is 9.31. The van der Waals surface area contributed by atoms with Crippen molar-refractivity contribution in [3.05, 3.63) is 59.3 Å². The van der Waals surface area contributed by atoms with E-state index < -0.39 is 0 Å². The van der Waals surface area contributed by atoms with E-state index in [0.717, 1.165) is 43.9 Å². The zero-order chi connectivity index (χ0) is 17.2. The number of hydrogen-bond acceptors (Lipinski definition) is 3. The molecule has 3 heterocycles. The SMILES string of the molecule is Cc1cc([C@H]2CCCN2C(=O)c2ccccc2)cnc1N1CCCC1. The molecule has 1 amide bonds. The molecule has 0 aliphatic carbocycles. The van der Waals surface area contributed by atoms with Gasteiger partial charge in [-0.3, -0.25) is 4.79 Å². The maximum atomic E-state index is 12.9. The van der Waals surface area contributed by atoms with Crippen molar-refractivity contribution in [3.8, 4) is 0 Å². The zero-order valence-electron chi connectivity index (χ0n) is 14.8. The lowest BCUT2D eigenvalue weighted by atomic mass is 10.0. The van der Waals surface area contributed by atoms with E-state index in [9.17, 15) is 4.79 Å². The third kappa shape index (κ3) is 3.13. The van der Waals surface area contributed by atoms with Gasteiger partial charge in [0.15, 0.2) is 0 Å². The van der Waals surface area contributed by atoms with Crippen LogP contribution in [0.3, 0.4) is 0 Å². The highest BCUT2D eigenvalue weighted by Crippen LogP contribution is 2.34. The van der Waals surface area contributed by atoms with Crippen LogP contribution in [-0.2, 0) is 0 Å². The fourth-order valence-electron chi connectivity index (χ4n) is 4.13. The minimum atomic E-state index is 0.129. The Morgan fingerprint density at radius 1 is 1.08 bits per heavy atom. The maximum Gasteiger partial charge on any atom is 0.254 e. The number of carbonyl (C=O) groups excluding carboxylic acids is 1. The summed E-state index contributed by atoms with van der Waals surface area (Å²) in [5, 5.41) is 0. The highest BCUT2D eigenvalue weighted by molar-refractivity contribution is 5.94. The molecule has 2 fully saturated rings. The molecule has 1 aromatic heterocycles. The molecule has 2 aromatic rings. The second-order valence-electron chi connectivity index (χ2n) is 7.13. The van der Waals surface area contributed by atoms with Crippen LogP contribution in [0.5, 0.6) is 0 Å². The number of likely N-dealkylation sites (tertiary alicyclic amines) is 1. The molecule has 2 aliphatic rings. The molecule has 4 heteroatoms. The third-order valence-corrected chi connectivity index (χ3v) is 5.40. The molecule has 4 rings (SSSR count). The number of carbonyl (C=O) groups is 1. The molecular formula is C21H25N3O. The molecule has 4 nitrogen and oxygen atoms in total. The van der Waals surface area contributed by atoms with E-state index in [1.54, 1.807) is 0 Å². The number of amides is 1. The maximum absolute atomic E-state index is 12.9. The van der Waals surface area contributed by atoms with Crippen molar-refractivity contribution in [3.63, 3.8) is 0 Å². The normalized spacial score (nSPS) is 20.3. The molecule has 2 saturated heterocycles. The van der Waals surface area contributed by atoms with E-state index in [4.69, 9.17) is 4.98 Å². The lowest BCUT2D eigenvalue weighted by Gasteiger charge is -2.26. The fraction of sp³-hybridized carbons (Fsp3) is 0.429. The van der Waals surface area contributed by atoms with Gasteiger partial charge in [0.2, 0.25) is 0 Å². The van der Waals surface area contributed by atoms with Crippen LogP contribution >= 0.6 is 0 Å². The number of aryl methyl sites for hydroxylation is 1. The Hall–Kier alpha value is -2.36. The van der Waals surface area contributed by atoms with Crippen LogP contribution in [0.25, 0.3) is 0 Å². The summed E-state index contributed by atoms with van der Waals surface area (Å²) >= 11 is 0. The Bertz CT molecular complexity index is 753. The van der Waals surface area contributed by atoms with Crippen LogP contribution < -0.4 is 4.90 Å². The van der Waals surface area contributed by atoms with Gasteiger partial charge in [0.05, 0.1) is 6.04 Å². The van der Waals surface area contributed by atoms with E-state index in [0.29, 0.717) is 0 Å². The van der Waals surface area contributed by atoms with E-state index in [1.807, 2.05) is 41.4 Å². The van der Waals surface area contributed by atoms with Gasteiger partial charge >= 0.3 is 0 Å². The van der Waals surface area contributed by atoms with Crippen molar-refractivity contribution in [2.45, 2.75) is 38.6 Å². The van der Waals surface area contributed by atoms with Crippen molar-refractivity contribution in [1.82, 2.24) is 9.88 Å². The van der Waals surface area contributed by atoms with Crippen LogP contribution in [0.15, 0.2) is 42.6 Å². The van der Waals surface area contributed by atoms with Gasteiger partial charge in [0, 0.05) is 31.4 Å². The predicted octanol–water partition coefficient (Wildman–Crippen LogP) is 3.97. The molecule has 1 aromatic carbocycles. The van der Waals surface area contributed by atoms with Crippen molar-refractivity contribution in [2.75, 3.05) is 24.5 Å². The average Bonchev–Trinajstić information content (AvgIpc) is 3.33. The lowest BCUT2D eigenvalue weighted by Crippen LogP contribution is -2.30. The van der Waals surface area contributed by atoms with Crippen molar-refractivity contribution < 1.29 is 4.79 Å². The van der Waals surface area contributed by atoms with Gasteiger partial charge in [-0.05, 0) is 61.9 Å². The van der Waals surface area contributed by atoms with Crippen LogP contribution in [-0.4, -0.2) is 35.4 Å². The average molecular weight is 335 g/mol. The van der Waals surface area contributed by atoms with Crippen molar-refractivity contribution >= 4 is 11.7 Å². The fourth-order valence-corrected chi connectivity index (χ4v) is 4.13. The Labute approximate surface area is 149 Å². The summed E-state index contributed by atoms with van der Waals surface area (Å²) in [7, 11) is 0. The second-order valence-corrected chi connectivity index (χ2v) is 7.13. The number of hydrogen-bond donors (Lipinski definition) is 0. The van der Waals surface area contributed by atoms with E-state index in [2.05, 4.69) is 17.9 Å². The Kier molecular flexibility index (Phi) is 4.43. The molecule has 25 heavy (non-hydrogen) atoms. The number of nitrogens with zero attached hydrogens (tertiary/aromatic N) is 3. The number of anilines is 1. The molecule has 0 spiro atoms. The molecule has 0 N–H and O–H groups in total. The van der Waals surface area contributed by atoms with E-state index in [1.165, 1.54) is 24.0 Å². The van der Waals surface area contributed by atoms with Crippen molar-refractivity contribution in [2.24, 2.45) is 0 Å². The largest absolute Gasteiger partial charge is 0.356 e. The summed E-state index contributed by atoms with van der Waals surface area (Å²) in [6, 6.07) is 12.0. The highest BCUT2D eigenvalue weighted by atomic mass is 16.2. The predicted molar refractivity (Wildman–Crippen MR) is 99.9 cm³/mol. The van der Waals surface area contributed by atoms with Crippen LogP contribution in [0, 0.1) is 6.92 Å². The van der Waals surface area contributed by atoms with Crippen LogP contribution in [0.1, 0.15) is 53.2 Å². The summed E-state index contributed by atoms with van der Waals surface area (Å²) in [4.78, 5) is 22.0. The summed E-state index contributed by atoms with van der Waals surface area (Å²) in [6.45, 7) is 5.18. The first-order chi connectivity index (χ1) is 12.2. The third-order valence-electron chi connectivity index (χ3n) is 5.40. The lowest BCUT2D eigenvalue weighted by molar-refractivity contribution is 0.0735. The smallest absolute Gasteiger partial charge is 0.254 e. The topological polar surface area (TPSA) is 36.4 Å². The monoisotopic (exact) mass is 335 g/mol. The number of aromatic nitrogens is 1. The first kappa shape index (κ1) is 16.1. The Balaban J connectivity index is 1.58. The van der Waals surface area contributed by atoms with Crippen LogP contribution in [0.4, 0.5) is 5.82 Å². The minimum absolute atomic E-state index is 0.129. The molecule has 0 unspecified atom stereocenters. The van der Waals surface area contributed by atoms with E-state index >= 15 is 0 Å². The first-order valence-corrected chi connectivity index (χ1v) is 9.31. The molecule has 0 saturated carbocycles. The molecule has 2 aliphatic heterocycles. The second kappa shape index (κ2) is 6.87. The number of rotatable bonds is 3. The van der Waals surface area contributed by atoms with Gasteiger partial charge in [-0.2, -0.15) is 0 Å². The molecule has 130 valence electrons. The minimum Gasteiger partial charge on any atom is -0.356 e.